The summed E-state index contributed by atoms with van der Waals surface area (Å²) in [6.45, 7) is 1.92. The Kier molecular flexibility index (Phi) is 2.23. The number of nitrogens with one attached hydrogen (secondary N) is 1. The number of hydrogen-bond acceptors (Lipinski definition) is 4. The minimum absolute atomic E-state index is 0.852. The highest BCUT2D eigenvalue weighted by atomic mass is 32.1. The average molecular weight is 190 g/mol. The second-order valence-corrected chi connectivity index (χ2v) is 3.37. The number of hydrogen-bond donors (Lipinski definition) is 1. The number of rotatable bonds is 2. The molecule has 2 aromatic heterocycles. The molecule has 4 heteroatoms. The lowest BCUT2D eigenvalue weighted by atomic mass is 10.4. The number of pyridine rings is 1. The molecule has 0 bridgehead atoms. The van der Waals surface area contributed by atoms with Gasteiger partial charge >= 0.3 is 0 Å². The van der Waals surface area contributed by atoms with E-state index >= 15 is 0 Å². The molecule has 0 saturated heterocycles. The first-order valence-corrected chi connectivity index (χ1v) is 4.68. The lowest BCUT2D eigenvalue weighted by molar-refractivity contribution is 1.25. The normalized spacial score (nSPS) is 9.92. The maximum atomic E-state index is 4.23. The Bertz CT molecular complexity index is 383. The molecular formula is C9H8N3S. The Hall–Kier alpha value is -1.42. The van der Waals surface area contributed by atoms with Crippen LogP contribution in [0.1, 0.15) is 5.69 Å². The van der Waals surface area contributed by atoms with Crippen LogP contribution >= 0.6 is 11.3 Å². The third-order valence-corrected chi connectivity index (χ3v) is 2.26. The molecular weight excluding hydrogens is 182 g/mol. The Labute approximate surface area is 80.5 Å². The van der Waals surface area contributed by atoms with E-state index in [-0.39, 0.29) is 0 Å². The van der Waals surface area contributed by atoms with E-state index in [0.717, 1.165) is 16.5 Å². The van der Waals surface area contributed by atoms with Gasteiger partial charge in [-0.15, -0.1) is 0 Å². The van der Waals surface area contributed by atoms with E-state index in [1.807, 2.05) is 19.1 Å². The second-order valence-electron chi connectivity index (χ2n) is 2.57. The minimum atomic E-state index is 0.852. The van der Waals surface area contributed by atoms with Gasteiger partial charge in [0.05, 0.1) is 23.0 Å². The van der Waals surface area contributed by atoms with Crippen molar-refractivity contribution in [1.82, 2.24) is 9.97 Å². The summed E-state index contributed by atoms with van der Waals surface area (Å²) >= 11 is 1.47. The van der Waals surface area contributed by atoms with Crippen molar-refractivity contribution in [3.8, 4) is 0 Å². The van der Waals surface area contributed by atoms with Crippen molar-refractivity contribution in [2.45, 2.75) is 6.92 Å². The van der Waals surface area contributed by atoms with Crippen molar-refractivity contribution in [3.63, 3.8) is 0 Å². The quantitative estimate of drug-likeness (QED) is 0.790. The highest BCUT2D eigenvalue weighted by Gasteiger charge is 1.98. The van der Waals surface area contributed by atoms with Gasteiger partial charge in [0.2, 0.25) is 0 Å². The van der Waals surface area contributed by atoms with Gasteiger partial charge in [0.25, 0.3) is 0 Å². The van der Waals surface area contributed by atoms with Crippen molar-refractivity contribution in [1.29, 1.82) is 0 Å². The fourth-order valence-electron chi connectivity index (χ4n) is 0.934. The fraction of sp³-hybridized carbons (Fsp3) is 0.111. The summed E-state index contributed by atoms with van der Waals surface area (Å²) in [5.41, 5.74) is 1.86. The topological polar surface area (TPSA) is 37.8 Å². The molecule has 65 valence electrons. The van der Waals surface area contributed by atoms with Gasteiger partial charge in [-0.1, -0.05) is 11.3 Å². The highest BCUT2D eigenvalue weighted by molar-refractivity contribution is 7.13. The van der Waals surface area contributed by atoms with Crippen molar-refractivity contribution in [3.05, 3.63) is 35.6 Å². The molecule has 0 amide bonds. The van der Waals surface area contributed by atoms with Gasteiger partial charge < -0.3 is 5.32 Å². The van der Waals surface area contributed by atoms with Gasteiger partial charge in [0.15, 0.2) is 5.13 Å². The van der Waals surface area contributed by atoms with Crippen LogP contribution in [0.25, 0.3) is 0 Å². The SMILES string of the molecule is Cc1[c]sc(Nc2cccnc2)n1. The zero-order valence-corrected chi connectivity index (χ0v) is 7.93. The zero-order chi connectivity index (χ0) is 9.10. The summed E-state index contributed by atoms with van der Waals surface area (Å²) in [6, 6.07) is 3.83. The molecule has 1 radical (unpaired) electrons. The van der Waals surface area contributed by atoms with Gasteiger partial charge in [-0.25, -0.2) is 4.98 Å². The predicted octanol–water partition coefficient (Wildman–Crippen LogP) is 2.39. The summed E-state index contributed by atoms with van der Waals surface area (Å²) < 4.78 is 0. The molecule has 0 aliphatic carbocycles. The standard InChI is InChI=1S/C9H8N3S/c1-7-6-13-9(11-7)12-8-3-2-4-10-5-8/h2-5H,1H3,(H,11,12). The van der Waals surface area contributed by atoms with Gasteiger partial charge in [-0.3, -0.25) is 4.98 Å². The maximum absolute atomic E-state index is 4.23. The van der Waals surface area contributed by atoms with E-state index in [1.54, 1.807) is 12.4 Å². The number of aryl methyl sites for hydroxylation is 1. The lowest BCUT2D eigenvalue weighted by Gasteiger charge is -1.99. The molecule has 0 spiro atoms. The molecule has 0 aliphatic rings. The monoisotopic (exact) mass is 190 g/mol. The molecule has 1 N–H and O–H groups in total. The fourth-order valence-corrected chi connectivity index (χ4v) is 1.58. The average Bonchev–Trinajstić information content (AvgIpc) is 2.53. The van der Waals surface area contributed by atoms with Crippen LogP contribution in [0.15, 0.2) is 24.5 Å². The summed E-state index contributed by atoms with van der Waals surface area (Å²) in [5, 5.41) is 7.03. The number of aromatic nitrogens is 2. The molecule has 0 aliphatic heterocycles. The Morgan fingerprint density at radius 1 is 1.54 bits per heavy atom. The van der Waals surface area contributed by atoms with Gasteiger partial charge in [-0.05, 0) is 19.1 Å². The van der Waals surface area contributed by atoms with Crippen molar-refractivity contribution in [2.75, 3.05) is 5.32 Å². The molecule has 0 atom stereocenters. The molecule has 2 rings (SSSR count). The van der Waals surface area contributed by atoms with Crippen LogP contribution in [-0.4, -0.2) is 9.97 Å². The smallest absolute Gasteiger partial charge is 0.188 e. The summed E-state index contributed by atoms with van der Waals surface area (Å²) in [6.07, 6.45) is 3.50. The predicted molar refractivity (Wildman–Crippen MR) is 53.2 cm³/mol. The van der Waals surface area contributed by atoms with E-state index in [2.05, 4.69) is 20.7 Å². The lowest BCUT2D eigenvalue weighted by Crippen LogP contribution is -1.89. The molecule has 0 saturated carbocycles. The first-order valence-electron chi connectivity index (χ1n) is 3.87. The molecule has 0 unspecified atom stereocenters. The van der Waals surface area contributed by atoms with Crippen molar-refractivity contribution < 1.29 is 0 Å². The van der Waals surface area contributed by atoms with E-state index in [0.29, 0.717) is 0 Å². The number of nitrogens with zero attached hydrogens (tertiary/aromatic N) is 2. The van der Waals surface area contributed by atoms with Gasteiger partial charge in [0, 0.05) is 6.20 Å². The van der Waals surface area contributed by atoms with Crippen LogP contribution in [0.4, 0.5) is 10.8 Å². The maximum Gasteiger partial charge on any atom is 0.188 e. The largest absolute Gasteiger partial charge is 0.330 e. The van der Waals surface area contributed by atoms with E-state index in [1.165, 1.54) is 11.3 Å². The molecule has 2 aromatic rings. The first kappa shape index (κ1) is 8.19. The molecule has 3 nitrogen and oxygen atoms in total. The summed E-state index contributed by atoms with van der Waals surface area (Å²) in [4.78, 5) is 8.22. The number of thiazole rings is 1. The van der Waals surface area contributed by atoms with Crippen LogP contribution in [0.5, 0.6) is 0 Å². The van der Waals surface area contributed by atoms with Crippen LogP contribution in [0, 0.1) is 12.3 Å². The van der Waals surface area contributed by atoms with Gasteiger partial charge in [-0.2, -0.15) is 0 Å². The summed E-state index contributed by atoms with van der Waals surface area (Å²) in [5.74, 6) is 0. The van der Waals surface area contributed by atoms with Crippen molar-refractivity contribution >= 4 is 22.2 Å². The third-order valence-electron chi connectivity index (χ3n) is 1.48. The van der Waals surface area contributed by atoms with E-state index in [9.17, 15) is 0 Å². The molecule has 2 heterocycles. The zero-order valence-electron chi connectivity index (χ0n) is 7.11. The van der Waals surface area contributed by atoms with Crippen molar-refractivity contribution in [2.24, 2.45) is 0 Å². The summed E-state index contributed by atoms with van der Waals surface area (Å²) in [7, 11) is 0. The molecule has 0 aromatic carbocycles. The Balaban J connectivity index is 2.15. The third kappa shape index (κ3) is 2.03. The van der Waals surface area contributed by atoms with Gasteiger partial charge in [0.1, 0.15) is 0 Å². The van der Waals surface area contributed by atoms with Crippen LogP contribution in [-0.2, 0) is 0 Å². The van der Waals surface area contributed by atoms with Crippen LogP contribution in [0.2, 0.25) is 0 Å². The minimum Gasteiger partial charge on any atom is -0.330 e. The second kappa shape index (κ2) is 3.53. The Morgan fingerprint density at radius 3 is 3.08 bits per heavy atom. The van der Waals surface area contributed by atoms with Crippen LogP contribution in [0.3, 0.4) is 0 Å². The van der Waals surface area contributed by atoms with Crippen LogP contribution < -0.4 is 5.32 Å². The van der Waals surface area contributed by atoms with E-state index < -0.39 is 0 Å². The molecule has 0 fully saturated rings. The molecule has 13 heavy (non-hydrogen) atoms. The Morgan fingerprint density at radius 2 is 2.46 bits per heavy atom. The number of anilines is 2. The highest BCUT2D eigenvalue weighted by Crippen LogP contribution is 2.18. The van der Waals surface area contributed by atoms with E-state index in [4.69, 9.17) is 0 Å². The first-order chi connectivity index (χ1) is 6.34.